The van der Waals surface area contributed by atoms with E-state index in [0.717, 1.165) is 0 Å². The van der Waals surface area contributed by atoms with Crippen LogP contribution in [0.4, 0.5) is 0 Å². The van der Waals surface area contributed by atoms with Gasteiger partial charge in [-0.1, -0.05) is 0 Å². The van der Waals surface area contributed by atoms with Gasteiger partial charge in [-0.15, -0.1) is 0 Å². The molecular formula is C13H24O9. The molecule has 2 heterocycles. The Hall–Kier alpha value is -0.360. The van der Waals surface area contributed by atoms with Crippen molar-refractivity contribution in [2.75, 3.05) is 20.3 Å². The van der Waals surface area contributed by atoms with Gasteiger partial charge >= 0.3 is 0 Å². The van der Waals surface area contributed by atoms with Gasteiger partial charge in [0.2, 0.25) is 0 Å². The summed E-state index contributed by atoms with van der Waals surface area (Å²) in [5.41, 5.74) is 0. The molecule has 0 aromatic rings. The number of aliphatic hydroxyl groups is 5. The molecule has 130 valence electrons. The van der Waals surface area contributed by atoms with Crippen LogP contribution in [-0.4, -0.2) is 95.1 Å². The van der Waals surface area contributed by atoms with Crippen LogP contribution in [0.1, 0.15) is 12.8 Å². The summed E-state index contributed by atoms with van der Waals surface area (Å²) in [6.45, 7) is -0.547. The lowest BCUT2D eigenvalue weighted by Crippen LogP contribution is -2.53. The van der Waals surface area contributed by atoms with Gasteiger partial charge in [-0.2, -0.15) is 0 Å². The number of ether oxygens (including phenoxy) is 4. The van der Waals surface area contributed by atoms with E-state index in [9.17, 15) is 20.4 Å². The molecule has 0 aromatic heterocycles. The maximum Gasteiger partial charge on any atom is 0.160 e. The average molecular weight is 324 g/mol. The lowest BCUT2D eigenvalue weighted by Gasteiger charge is -2.39. The summed E-state index contributed by atoms with van der Waals surface area (Å²) in [7, 11) is 1.43. The Morgan fingerprint density at radius 2 is 1.45 bits per heavy atom. The molecule has 0 bridgehead atoms. The fourth-order valence-electron chi connectivity index (χ4n) is 2.58. The molecule has 2 aliphatic heterocycles. The lowest BCUT2D eigenvalue weighted by atomic mass is 10.0. The number of hydrogen-bond donors (Lipinski definition) is 5. The van der Waals surface area contributed by atoms with Gasteiger partial charge in [-0.3, -0.25) is 0 Å². The summed E-state index contributed by atoms with van der Waals surface area (Å²) in [5, 5.41) is 48.0. The highest BCUT2D eigenvalue weighted by Crippen LogP contribution is 2.24. The van der Waals surface area contributed by atoms with E-state index in [0.29, 0.717) is 0 Å². The highest BCUT2D eigenvalue weighted by molar-refractivity contribution is 4.85. The van der Waals surface area contributed by atoms with Gasteiger partial charge < -0.3 is 44.5 Å². The molecule has 0 aromatic carbocycles. The minimum absolute atomic E-state index is 0.0245. The lowest BCUT2D eigenvalue weighted by molar-refractivity contribution is -0.289. The summed E-state index contributed by atoms with van der Waals surface area (Å²) in [6, 6.07) is 0. The molecule has 0 aliphatic carbocycles. The number of aliphatic hydroxyl groups excluding tert-OH is 5. The first-order valence-electron chi connectivity index (χ1n) is 7.24. The highest BCUT2D eigenvalue weighted by atomic mass is 16.7. The number of hydrogen-bond acceptors (Lipinski definition) is 9. The predicted molar refractivity (Wildman–Crippen MR) is 70.6 cm³/mol. The van der Waals surface area contributed by atoms with Gasteiger partial charge in [0, 0.05) is 20.0 Å². The van der Waals surface area contributed by atoms with Gasteiger partial charge in [0.25, 0.3) is 0 Å². The molecule has 2 saturated heterocycles. The van der Waals surface area contributed by atoms with Gasteiger partial charge in [-0.05, 0) is 0 Å². The zero-order valence-electron chi connectivity index (χ0n) is 12.3. The second kappa shape index (κ2) is 7.95. The van der Waals surface area contributed by atoms with E-state index < -0.39 is 55.8 Å². The van der Waals surface area contributed by atoms with Crippen molar-refractivity contribution in [2.45, 2.75) is 62.0 Å². The largest absolute Gasteiger partial charge is 0.394 e. The molecule has 5 N–H and O–H groups in total. The van der Waals surface area contributed by atoms with Crippen molar-refractivity contribution in [3.63, 3.8) is 0 Å². The van der Waals surface area contributed by atoms with Gasteiger partial charge in [0.1, 0.15) is 24.4 Å². The predicted octanol–water partition coefficient (Wildman–Crippen LogP) is -2.68. The van der Waals surface area contributed by atoms with Crippen molar-refractivity contribution >= 4 is 0 Å². The fourth-order valence-corrected chi connectivity index (χ4v) is 2.58. The van der Waals surface area contributed by atoms with Crippen LogP contribution in [0, 0.1) is 0 Å². The molecule has 2 aliphatic rings. The molecule has 2 rings (SSSR count). The van der Waals surface area contributed by atoms with Crippen LogP contribution in [0.15, 0.2) is 0 Å². The molecule has 0 spiro atoms. The molecular weight excluding hydrogens is 300 g/mol. The number of methoxy groups -OCH3 is 1. The third-order valence-corrected chi connectivity index (χ3v) is 3.96. The summed E-state index contributed by atoms with van der Waals surface area (Å²) < 4.78 is 21.2. The monoisotopic (exact) mass is 324 g/mol. The van der Waals surface area contributed by atoms with Crippen LogP contribution < -0.4 is 0 Å². The molecule has 22 heavy (non-hydrogen) atoms. The topological polar surface area (TPSA) is 138 Å². The van der Waals surface area contributed by atoms with Gasteiger partial charge in [0.05, 0.1) is 25.4 Å². The van der Waals surface area contributed by atoms with Crippen molar-refractivity contribution in [1.82, 2.24) is 0 Å². The van der Waals surface area contributed by atoms with E-state index in [1.807, 2.05) is 0 Å². The molecule has 8 atom stereocenters. The smallest absolute Gasteiger partial charge is 0.160 e. The Bertz CT molecular complexity index is 341. The number of rotatable bonds is 5. The van der Waals surface area contributed by atoms with Crippen molar-refractivity contribution < 1.29 is 44.5 Å². The maximum atomic E-state index is 9.89. The second-order valence-corrected chi connectivity index (χ2v) is 5.55. The Morgan fingerprint density at radius 3 is 2.05 bits per heavy atom. The van der Waals surface area contributed by atoms with Crippen LogP contribution in [0.2, 0.25) is 0 Å². The van der Waals surface area contributed by atoms with E-state index in [4.69, 9.17) is 24.1 Å². The molecule has 9 nitrogen and oxygen atoms in total. The third kappa shape index (κ3) is 4.13. The average Bonchev–Trinajstić information content (AvgIpc) is 2.51. The van der Waals surface area contributed by atoms with E-state index in [1.165, 1.54) is 7.11 Å². The third-order valence-electron chi connectivity index (χ3n) is 3.96. The molecule has 0 radical (unpaired) electrons. The second-order valence-electron chi connectivity index (χ2n) is 5.55. The van der Waals surface area contributed by atoms with Crippen LogP contribution in [0.25, 0.3) is 0 Å². The Labute approximate surface area is 128 Å². The molecule has 7 unspecified atom stereocenters. The van der Waals surface area contributed by atoms with E-state index in [-0.39, 0.29) is 19.4 Å². The molecule has 0 amide bonds. The van der Waals surface area contributed by atoms with Crippen LogP contribution in [0.5, 0.6) is 0 Å². The first-order chi connectivity index (χ1) is 10.5. The van der Waals surface area contributed by atoms with E-state index in [1.54, 1.807) is 0 Å². The van der Waals surface area contributed by atoms with Gasteiger partial charge in [0.15, 0.2) is 12.6 Å². The van der Waals surface area contributed by atoms with Crippen molar-refractivity contribution in [3.05, 3.63) is 0 Å². The first-order valence-corrected chi connectivity index (χ1v) is 7.24. The van der Waals surface area contributed by atoms with Crippen molar-refractivity contribution in [1.29, 1.82) is 0 Å². The SMILES string of the molecule is COC1CC(O)C(O)C(COC2C[C@@H](O)C(O)C(CO)O2)O1. The van der Waals surface area contributed by atoms with Crippen LogP contribution in [-0.2, 0) is 18.9 Å². The Morgan fingerprint density at radius 1 is 0.909 bits per heavy atom. The fraction of sp³-hybridized carbons (Fsp3) is 1.00. The van der Waals surface area contributed by atoms with E-state index in [2.05, 4.69) is 0 Å². The summed E-state index contributed by atoms with van der Waals surface area (Å²) >= 11 is 0. The minimum atomic E-state index is -1.18. The summed E-state index contributed by atoms with van der Waals surface area (Å²) in [4.78, 5) is 0. The normalized spacial score (nSPS) is 46.6. The standard InChI is InChI=1S/C13H24O9/c1-19-10-2-6(15)13(18)9(22-10)5-20-11-3-7(16)12(17)8(4-14)21-11/h6-18H,2-5H2,1H3/t6?,7-,8?,9?,10?,11?,12?,13?/m1/s1. The van der Waals surface area contributed by atoms with Crippen molar-refractivity contribution in [2.24, 2.45) is 0 Å². The molecule has 9 heteroatoms. The summed E-state index contributed by atoms with van der Waals surface area (Å²) in [5.74, 6) is 0. The van der Waals surface area contributed by atoms with Crippen molar-refractivity contribution in [3.8, 4) is 0 Å². The minimum Gasteiger partial charge on any atom is -0.394 e. The molecule has 0 saturated carbocycles. The van der Waals surface area contributed by atoms with E-state index >= 15 is 0 Å². The Balaban J connectivity index is 1.86. The zero-order chi connectivity index (χ0) is 16.3. The Kier molecular flexibility index (Phi) is 6.50. The highest BCUT2D eigenvalue weighted by Gasteiger charge is 2.40. The maximum absolute atomic E-state index is 9.89. The molecule has 2 fully saturated rings. The first kappa shape index (κ1) is 18.0. The quantitative estimate of drug-likeness (QED) is 0.366. The zero-order valence-corrected chi connectivity index (χ0v) is 12.3. The summed E-state index contributed by atoms with van der Waals surface area (Å²) in [6.07, 6.45) is -7.44. The van der Waals surface area contributed by atoms with Crippen LogP contribution in [0.3, 0.4) is 0 Å². The van der Waals surface area contributed by atoms with Gasteiger partial charge in [-0.25, -0.2) is 0 Å². The van der Waals surface area contributed by atoms with Crippen LogP contribution >= 0.6 is 0 Å².